The van der Waals surface area contributed by atoms with E-state index in [4.69, 9.17) is 15.7 Å². The number of hydrogen-bond acceptors (Lipinski definition) is 7. The molecule has 1 amide bonds. The first-order valence-corrected chi connectivity index (χ1v) is 12.5. The molecule has 3 heterocycles. The Labute approximate surface area is 229 Å². The number of phenolic OH excluding ortho intramolecular Hbond substituents is 2. The number of amides is 1. The summed E-state index contributed by atoms with van der Waals surface area (Å²) in [7, 11) is 0. The Morgan fingerprint density at radius 2 is 1.65 bits per heavy atom. The van der Waals surface area contributed by atoms with Gasteiger partial charge in [0.1, 0.15) is 11.3 Å². The summed E-state index contributed by atoms with van der Waals surface area (Å²) >= 11 is 0. The van der Waals surface area contributed by atoms with E-state index in [1.165, 1.54) is 18.2 Å². The van der Waals surface area contributed by atoms with Crippen molar-refractivity contribution in [2.75, 3.05) is 5.73 Å². The zero-order valence-corrected chi connectivity index (χ0v) is 21.2. The highest BCUT2D eigenvalue weighted by Gasteiger charge is 2.19. The number of phenols is 2. The topological polar surface area (TPSA) is 139 Å². The Bertz CT molecular complexity index is 1850. The molecule has 0 aliphatic rings. The lowest BCUT2D eigenvalue weighted by Gasteiger charge is -2.12. The maximum atomic E-state index is 12.5. The van der Waals surface area contributed by atoms with Gasteiger partial charge in [-0.1, -0.05) is 42.5 Å². The van der Waals surface area contributed by atoms with Crippen LogP contribution in [-0.4, -0.2) is 35.6 Å². The molecule has 0 bridgehead atoms. The van der Waals surface area contributed by atoms with Crippen LogP contribution in [0.5, 0.6) is 11.5 Å². The first-order valence-electron chi connectivity index (χ1n) is 12.5. The summed E-state index contributed by atoms with van der Waals surface area (Å²) in [4.78, 5) is 26.6. The van der Waals surface area contributed by atoms with Gasteiger partial charge in [-0.15, -0.1) is 0 Å². The number of carbonyl (C=O) groups is 1. The fourth-order valence-corrected chi connectivity index (χ4v) is 4.47. The number of nitrogens with one attached hydrogen (secondary N) is 1. The molecule has 196 valence electrons. The highest BCUT2D eigenvalue weighted by atomic mass is 16.3. The number of carbonyl (C=O) groups excluding carboxylic acids is 1. The number of pyridine rings is 2. The highest BCUT2D eigenvalue weighted by Crippen LogP contribution is 2.32. The number of benzene rings is 3. The minimum Gasteiger partial charge on any atom is -0.504 e. The van der Waals surface area contributed by atoms with Crippen molar-refractivity contribution in [3.8, 4) is 39.8 Å². The molecule has 3 aromatic heterocycles. The van der Waals surface area contributed by atoms with E-state index in [0.29, 0.717) is 28.4 Å². The van der Waals surface area contributed by atoms with E-state index in [9.17, 15) is 15.0 Å². The minimum atomic E-state index is -0.369. The molecule has 0 aliphatic heterocycles. The van der Waals surface area contributed by atoms with Crippen LogP contribution in [0.1, 0.15) is 15.9 Å². The van der Waals surface area contributed by atoms with Crippen LogP contribution in [0.15, 0.2) is 103 Å². The predicted molar refractivity (Wildman–Crippen MR) is 153 cm³/mol. The van der Waals surface area contributed by atoms with E-state index in [1.54, 1.807) is 6.20 Å². The number of hydrogen-bond donors (Lipinski definition) is 4. The molecule has 0 atom stereocenters. The summed E-state index contributed by atoms with van der Waals surface area (Å²) in [5.74, 6) is -0.0176. The molecule has 0 aliphatic carbocycles. The van der Waals surface area contributed by atoms with E-state index in [-0.39, 0.29) is 29.5 Å². The number of rotatable bonds is 6. The van der Waals surface area contributed by atoms with E-state index in [2.05, 4.69) is 10.3 Å². The van der Waals surface area contributed by atoms with Crippen molar-refractivity contribution in [1.82, 2.24) is 24.8 Å². The third-order valence-corrected chi connectivity index (χ3v) is 6.54. The Hall–Kier alpha value is -5.70. The van der Waals surface area contributed by atoms with Gasteiger partial charge in [-0.25, -0.2) is 15.0 Å². The lowest BCUT2D eigenvalue weighted by atomic mass is 10.1. The Morgan fingerprint density at radius 1 is 0.850 bits per heavy atom. The zero-order chi connectivity index (χ0) is 27.6. The molecule has 9 nitrogen and oxygen atoms in total. The van der Waals surface area contributed by atoms with Gasteiger partial charge in [-0.05, 0) is 60.2 Å². The lowest BCUT2D eigenvalue weighted by Crippen LogP contribution is -2.22. The van der Waals surface area contributed by atoms with E-state index in [0.717, 1.165) is 22.5 Å². The molecule has 6 aromatic rings. The molecule has 0 spiro atoms. The van der Waals surface area contributed by atoms with Gasteiger partial charge in [0, 0.05) is 29.6 Å². The van der Waals surface area contributed by atoms with Crippen LogP contribution in [-0.2, 0) is 6.54 Å². The fraction of sp³-hybridized carbons (Fsp3) is 0.0323. The number of imidazole rings is 1. The molecule has 0 saturated heterocycles. The van der Waals surface area contributed by atoms with E-state index >= 15 is 0 Å². The monoisotopic (exact) mass is 528 g/mol. The summed E-state index contributed by atoms with van der Waals surface area (Å²) in [5, 5.41) is 22.0. The maximum Gasteiger partial charge on any atom is 0.251 e. The number of nitrogens with zero attached hydrogens (tertiary/aromatic N) is 4. The van der Waals surface area contributed by atoms with Crippen LogP contribution in [0.3, 0.4) is 0 Å². The van der Waals surface area contributed by atoms with Crippen molar-refractivity contribution in [3.05, 3.63) is 114 Å². The quantitative estimate of drug-likeness (QED) is 0.221. The fourth-order valence-electron chi connectivity index (χ4n) is 4.47. The molecular formula is C31H24N6O3. The maximum absolute atomic E-state index is 12.5. The third kappa shape index (κ3) is 4.67. The van der Waals surface area contributed by atoms with Gasteiger partial charge < -0.3 is 21.3 Å². The molecule has 0 radical (unpaired) electrons. The highest BCUT2D eigenvalue weighted by molar-refractivity contribution is 5.94. The summed E-state index contributed by atoms with van der Waals surface area (Å²) < 4.78 is 1.96. The second kappa shape index (κ2) is 10.2. The number of anilines is 1. The van der Waals surface area contributed by atoms with Crippen LogP contribution in [0.4, 0.5) is 5.82 Å². The summed E-state index contributed by atoms with van der Waals surface area (Å²) in [6.45, 7) is 0.268. The van der Waals surface area contributed by atoms with Crippen molar-refractivity contribution in [3.63, 3.8) is 0 Å². The first kappa shape index (κ1) is 24.6. The summed E-state index contributed by atoms with van der Waals surface area (Å²) in [6.07, 6.45) is 1.64. The molecule has 40 heavy (non-hydrogen) atoms. The smallest absolute Gasteiger partial charge is 0.251 e. The second-order valence-electron chi connectivity index (χ2n) is 9.16. The normalized spacial score (nSPS) is 11.0. The number of aromatic nitrogens is 4. The average molecular weight is 529 g/mol. The summed E-state index contributed by atoms with van der Waals surface area (Å²) in [5.41, 5.74) is 12.1. The molecule has 0 fully saturated rings. The van der Waals surface area contributed by atoms with E-state index < -0.39 is 0 Å². The standard InChI is InChI=1S/C31H24N6O3/c32-28-23(7-4-16-33-28)29-36-25-14-13-24(20-5-2-1-3-6-20)35-30(25)37(29)22-11-8-19(9-12-22)18-34-31(40)21-10-15-26(38)27(39)17-21/h1-17,38-39H,18H2,(H2,32,33)(H,34,40). The van der Waals surface area contributed by atoms with Crippen molar-refractivity contribution in [2.24, 2.45) is 0 Å². The van der Waals surface area contributed by atoms with Gasteiger partial charge in [0.25, 0.3) is 5.91 Å². The molecule has 5 N–H and O–H groups in total. The van der Waals surface area contributed by atoms with E-state index in [1.807, 2.05) is 83.4 Å². The molecule has 6 rings (SSSR count). The molecule has 0 saturated carbocycles. The molecule has 3 aromatic carbocycles. The van der Waals surface area contributed by atoms with Crippen molar-refractivity contribution in [2.45, 2.75) is 6.54 Å². The number of fused-ring (bicyclic) bond motifs is 1. The lowest BCUT2D eigenvalue weighted by molar-refractivity contribution is 0.0950. The SMILES string of the molecule is Nc1ncccc1-c1nc2ccc(-c3ccccc3)nc2n1-c1ccc(CNC(=O)c2ccc(O)c(O)c2)cc1. The Kier molecular flexibility index (Phi) is 6.29. The summed E-state index contributed by atoms with van der Waals surface area (Å²) in [6, 6.07) is 29.2. The largest absolute Gasteiger partial charge is 0.504 e. The third-order valence-electron chi connectivity index (χ3n) is 6.54. The molecule has 9 heteroatoms. The van der Waals surface area contributed by atoms with Crippen molar-refractivity contribution >= 4 is 22.9 Å². The predicted octanol–water partition coefficient (Wildman–Crippen LogP) is 5.07. The first-order chi connectivity index (χ1) is 19.5. The van der Waals surface area contributed by atoms with Gasteiger partial charge in [-0.2, -0.15) is 0 Å². The number of nitrogens with two attached hydrogens (primary N) is 1. The van der Waals surface area contributed by atoms with Gasteiger partial charge in [-0.3, -0.25) is 9.36 Å². The average Bonchev–Trinajstić information content (AvgIpc) is 3.37. The van der Waals surface area contributed by atoms with Crippen LogP contribution < -0.4 is 11.1 Å². The Balaban J connectivity index is 1.36. The van der Waals surface area contributed by atoms with Crippen LogP contribution in [0.2, 0.25) is 0 Å². The van der Waals surface area contributed by atoms with Crippen molar-refractivity contribution < 1.29 is 15.0 Å². The van der Waals surface area contributed by atoms with Gasteiger partial charge in [0.2, 0.25) is 0 Å². The van der Waals surface area contributed by atoms with Crippen LogP contribution >= 0.6 is 0 Å². The number of aromatic hydroxyl groups is 2. The van der Waals surface area contributed by atoms with Crippen LogP contribution in [0, 0.1) is 0 Å². The minimum absolute atomic E-state index is 0.246. The zero-order valence-electron chi connectivity index (χ0n) is 21.2. The van der Waals surface area contributed by atoms with Crippen LogP contribution in [0.25, 0.3) is 39.5 Å². The van der Waals surface area contributed by atoms with Gasteiger partial charge in [0.15, 0.2) is 23.0 Å². The molecular weight excluding hydrogens is 504 g/mol. The van der Waals surface area contributed by atoms with Gasteiger partial charge >= 0.3 is 0 Å². The van der Waals surface area contributed by atoms with Gasteiger partial charge in [0.05, 0.1) is 11.3 Å². The van der Waals surface area contributed by atoms with Crippen molar-refractivity contribution in [1.29, 1.82) is 0 Å². The Morgan fingerprint density at radius 3 is 2.40 bits per heavy atom. The molecule has 0 unspecified atom stereocenters. The number of nitrogen functional groups attached to an aromatic ring is 1. The second-order valence-corrected chi connectivity index (χ2v) is 9.16.